The fraction of sp³-hybridized carbons (Fsp3) is 0.579. The quantitative estimate of drug-likeness (QED) is 0.761. The van der Waals surface area contributed by atoms with Crippen LogP contribution in [0.5, 0.6) is 5.75 Å². The molecule has 2 amide bonds. The fourth-order valence-corrected chi connectivity index (χ4v) is 3.58. The van der Waals surface area contributed by atoms with Crippen LogP contribution in [-0.4, -0.2) is 84.0 Å². The Hall–Kier alpha value is -2.12. The predicted octanol–water partition coefficient (Wildman–Crippen LogP) is 0.817. The molecule has 1 aromatic rings. The highest BCUT2D eigenvalue weighted by Gasteiger charge is 2.30. The molecular formula is C19H28N4O3. The summed E-state index contributed by atoms with van der Waals surface area (Å²) in [6, 6.07) is 6.46. The number of carbonyl (C=O) groups excluding carboxylic acids is 2. The zero-order valence-electron chi connectivity index (χ0n) is 15.4. The Labute approximate surface area is 154 Å². The molecule has 0 spiro atoms. The van der Waals surface area contributed by atoms with E-state index in [1.165, 1.54) is 0 Å². The molecule has 7 heteroatoms. The first-order valence-corrected chi connectivity index (χ1v) is 9.37. The Morgan fingerprint density at radius 1 is 1.08 bits per heavy atom. The number of carbonyl (C=O) groups is 2. The molecule has 0 saturated carbocycles. The SMILES string of the molecule is CCN1CCN(C(=O)CN2CCC(C(=O)Nc3ccc(O)cc3)C2)CC1. The van der Waals surface area contributed by atoms with Crippen LogP contribution in [0.25, 0.3) is 0 Å². The van der Waals surface area contributed by atoms with Crippen LogP contribution in [0.4, 0.5) is 5.69 Å². The molecule has 3 rings (SSSR count). The molecule has 142 valence electrons. The van der Waals surface area contributed by atoms with Gasteiger partial charge in [-0.25, -0.2) is 0 Å². The van der Waals surface area contributed by atoms with E-state index < -0.39 is 0 Å². The number of phenols is 1. The Morgan fingerprint density at radius 3 is 2.42 bits per heavy atom. The highest BCUT2D eigenvalue weighted by molar-refractivity contribution is 5.93. The first kappa shape index (κ1) is 18.7. The van der Waals surface area contributed by atoms with E-state index in [-0.39, 0.29) is 23.5 Å². The topological polar surface area (TPSA) is 76.1 Å². The molecule has 2 aliphatic rings. The van der Waals surface area contributed by atoms with Gasteiger partial charge in [0.25, 0.3) is 0 Å². The van der Waals surface area contributed by atoms with Gasteiger partial charge in [-0.1, -0.05) is 6.92 Å². The van der Waals surface area contributed by atoms with Gasteiger partial charge >= 0.3 is 0 Å². The van der Waals surface area contributed by atoms with E-state index in [0.717, 1.165) is 45.7 Å². The predicted molar refractivity (Wildman–Crippen MR) is 100.0 cm³/mol. The fourth-order valence-electron chi connectivity index (χ4n) is 3.58. The number of likely N-dealkylation sites (tertiary alicyclic amines) is 1. The normalized spacial score (nSPS) is 21.7. The number of benzene rings is 1. The lowest BCUT2D eigenvalue weighted by atomic mass is 10.1. The van der Waals surface area contributed by atoms with Crippen LogP contribution in [0, 0.1) is 5.92 Å². The Balaban J connectivity index is 1.44. The summed E-state index contributed by atoms with van der Waals surface area (Å²) in [5, 5.41) is 12.2. The first-order valence-electron chi connectivity index (χ1n) is 9.37. The number of nitrogens with one attached hydrogen (secondary N) is 1. The number of likely N-dealkylation sites (N-methyl/N-ethyl adjacent to an activating group) is 1. The third-order valence-corrected chi connectivity index (χ3v) is 5.31. The van der Waals surface area contributed by atoms with Gasteiger partial charge in [0.05, 0.1) is 12.5 Å². The summed E-state index contributed by atoms with van der Waals surface area (Å²) in [6.45, 7) is 8.45. The number of hydrogen-bond donors (Lipinski definition) is 2. The van der Waals surface area contributed by atoms with E-state index in [0.29, 0.717) is 18.8 Å². The molecule has 1 atom stereocenters. The first-order chi connectivity index (χ1) is 12.5. The van der Waals surface area contributed by atoms with Crippen molar-refractivity contribution in [2.45, 2.75) is 13.3 Å². The maximum Gasteiger partial charge on any atom is 0.236 e. The van der Waals surface area contributed by atoms with E-state index in [2.05, 4.69) is 22.0 Å². The van der Waals surface area contributed by atoms with Crippen molar-refractivity contribution in [3.05, 3.63) is 24.3 Å². The van der Waals surface area contributed by atoms with Crippen LogP contribution in [0.3, 0.4) is 0 Å². The second-order valence-electron chi connectivity index (χ2n) is 7.07. The van der Waals surface area contributed by atoms with E-state index >= 15 is 0 Å². The molecule has 2 saturated heterocycles. The number of nitrogens with zero attached hydrogens (tertiary/aromatic N) is 3. The number of piperazine rings is 1. The molecule has 0 radical (unpaired) electrons. The lowest BCUT2D eigenvalue weighted by Gasteiger charge is -2.34. The van der Waals surface area contributed by atoms with Gasteiger partial charge in [-0.15, -0.1) is 0 Å². The number of hydrogen-bond acceptors (Lipinski definition) is 5. The minimum absolute atomic E-state index is 0.0257. The summed E-state index contributed by atoms with van der Waals surface area (Å²) >= 11 is 0. The van der Waals surface area contributed by atoms with Crippen molar-refractivity contribution >= 4 is 17.5 Å². The van der Waals surface area contributed by atoms with Gasteiger partial charge in [0, 0.05) is 38.4 Å². The Morgan fingerprint density at radius 2 is 1.77 bits per heavy atom. The second kappa shape index (κ2) is 8.51. The largest absolute Gasteiger partial charge is 0.508 e. The summed E-state index contributed by atoms with van der Waals surface area (Å²) in [5.41, 5.74) is 0.677. The number of phenolic OH excluding ortho intramolecular Hbond substituents is 1. The van der Waals surface area contributed by atoms with Crippen molar-refractivity contribution < 1.29 is 14.7 Å². The molecule has 0 aromatic heterocycles. The zero-order chi connectivity index (χ0) is 18.5. The molecule has 2 aliphatic heterocycles. The smallest absolute Gasteiger partial charge is 0.236 e. The van der Waals surface area contributed by atoms with Crippen molar-refractivity contribution in [3.8, 4) is 5.75 Å². The molecule has 2 fully saturated rings. The zero-order valence-corrected chi connectivity index (χ0v) is 15.4. The van der Waals surface area contributed by atoms with E-state index in [4.69, 9.17) is 0 Å². The van der Waals surface area contributed by atoms with E-state index in [9.17, 15) is 14.7 Å². The molecule has 26 heavy (non-hydrogen) atoms. The lowest BCUT2D eigenvalue weighted by molar-refractivity contribution is -0.134. The molecule has 1 unspecified atom stereocenters. The van der Waals surface area contributed by atoms with Gasteiger partial charge in [0.2, 0.25) is 11.8 Å². The van der Waals surface area contributed by atoms with E-state index in [1.54, 1.807) is 24.3 Å². The number of rotatable bonds is 5. The van der Waals surface area contributed by atoms with Crippen LogP contribution < -0.4 is 5.32 Å². The van der Waals surface area contributed by atoms with Crippen molar-refractivity contribution in [2.24, 2.45) is 5.92 Å². The molecule has 0 aliphatic carbocycles. The van der Waals surface area contributed by atoms with Crippen molar-refractivity contribution in [2.75, 3.05) is 57.7 Å². The maximum absolute atomic E-state index is 12.5. The third kappa shape index (κ3) is 4.74. The summed E-state index contributed by atoms with van der Waals surface area (Å²) < 4.78 is 0. The molecule has 2 N–H and O–H groups in total. The molecule has 0 bridgehead atoms. The lowest BCUT2D eigenvalue weighted by Crippen LogP contribution is -2.50. The van der Waals surface area contributed by atoms with Crippen LogP contribution >= 0.6 is 0 Å². The van der Waals surface area contributed by atoms with Crippen molar-refractivity contribution in [1.29, 1.82) is 0 Å². The summed E-state index contributed by atoms with van der Waals surface area (Å²) in [4.78, 5) is 31.3. The van der Waals surface area contributed by atoms with Crippen LogP contribution in [-0.2, 0) is 9.59 Å². The van der Waals surface area contributed by atoms with Gasteiger partial charge in [0.15, 0.2) is 0 Å². The minimum Gasteiger partial charge on any atom is -0.508 e. The van der Waals surface area contributed by atoms with Crippen LogP contribution in [0.15, 0.2) is 24.3 Å². The number of anilines is 1. The highest BCUT2D eigenvalue weighted by Crippen LogP contribution is 2.20. The molecule has 7 nitrogen and oxygen atoms in total. The highest BCUT2D eigenvalue weighted by atomic mass is 16.3. The molecular weight excluding hydrogens is 332 g/mol. The van der Waals surface area contributed by atoms with Gasteiger partial charge in [-0.3, -0.25) is 14.5 Å². The number of aromatic hydroxyl groups is 1. The van der Waals surface area contributed by atoms with Crippen LogP contribution in [0.1, 0.15) is 13.3 Å². The second-order valence-corrected chi connectivity index (χ2v) is 7.07. The van der Waals surface area contributed by atoms with Gasteiger partial charge < -0.3 is 20.2 Å². The van der Waals surface area contributed by atoms with E-state index in [1.807, 2.05) is 4.90 Å². The summed E-state index contributed by atoms with van der Waals surface area (Å²) in [6.07, 6.45) is 0.765. The summed E-state index contributed by atoms with van der Waals surface area (Å²) in [5.74, 6) is 0.212. The van der Waals surface area contributed by atoms with Gasteiger partial charge in [-0.2, -0.15) is 0 Å². The average molecular weight is 360 g/mol. The van der Waals surface area contributed by atoms with Crippen LogP contribution in [0.2, 0.25) is 0 Å². The Bertz CT molecular complexity index is 626. The number of amides is 2. The third-order valence-electron chi connectivity index (χ3n) is 5.31. The average Bonchev–Trinajstić information content (AvgIpc) is 3.12. The minimum atomic E-state index is -0.103. The summed E-state index contributed by atoms with van der Waals surface area (Å²) in [7, 11) is 0. The van der Waals surface area contributed by atoms with Crippen molar-refractivity contribution in [1.82, 2.24) is 14.7 Å². The molecule has 2 heterocycles. The maximum atomic E-state index is 12.5. The monoisotopic (exact) mass is 360 g/mol. The standard InChI is InChI=1S/C19H28N4O3/c1-2-21-9-11-23(12-10-21)18(25)14-22-8-7-15(13-22)19(26)20-16-3-5-17(24)6-4-16/h3-6,15,24H,2,7-14H2,1H3,(H,20,26). The van der Waals surface area contributed by atoms with Crippen molar-refractivity contribution in [3.63, 3.8) is 0 Å². The van der Waals surface area contributed by atoms with Gasteiger partial charge in [-0.05, 0) is 43.8 Å². The Kier molecular flexibility index (Phi) is 6.11. The molecule has 1 aromatic carbocycles. The van der Waals surface area contributed by atoms with Gasteiger partial charge in [0.1, 0.15) is 5.75 Å².